The van der Waals surface area contributed by atoms with E-state index < -0.39 is 5.82 Å². The summed E-state index contributed by atoms with van der Waals surface area (Å²) in [7, 11) is 0. The van der Waals surface area contributed by atoms with Crippen LogP contribution < -0.4 is 5.73 Å². The largest absolute Gasteiger partial charge is 0.409 e. The molecule has 0 fully saturated rings. The summed E-state index contributed by atoms with van der Waals surface area (Å²) in [5.41, 5.74) is 5.76. The molecule has 0 radical (unpaired) electrons. The standard InChI is InChI=1S/C10H6FN5O2/c11-7-2-1-5(3-6(7)4-12)8-9(10(13)14-17)16-18-15-8/h1-3,17H,(H2,13,14). The van der Waals surface area contributed by atoms with Gasteiger partial charge in [0.15, 0.2) is 11.5 Å². The second-order valence-corrected chi connectivity index (χ2v) is 3.25. The number of hydrogen-bond donors (Lipinski definition) is 2. The van der Waals surface area contributed by atoms with Crippen molar-refractivity contribution in [3.05, 3.63) is 35.3 Å². The number of hydrogen-bond acceptors (Lipinski definition) is 6. The molecule has 0 saturated carbocycles. The monoisotopic (exact) mass is 247 g/mol. The summed E-state index contributed by atoms with van der Waals surface area (Å²) in [5.74, 6) is -0.947. The molecule has 0 spiro atoms. The predicted octanol–water partition coefficient (Wildman–Crippen LogP) is 0.842. The third-order valence-corrected chi connectivity index (χ3v) is 2.20. The molecule has 18 heavy (non-hydrogen) atoms. The van der Waals surface area contributed by atoms with Gasteiger partial charge in [-0.25, -0.2) is 9.02 Å². The van der Waals surface area contributed by atoms with E-state index in [4.69, 9.17) is 16.2 Å². The highest BCUT2D eigenvalue weighted by Gasteiger charge is 2.17. The van der Waals surface area contributed by atoms with Crippen molar-refractivity contribution < 1.29 is 14.2 Å². The Bertz CT molecular complexity index is 659. The summed E-state index contributed by atoms with van der Waals surface area (Å²) in [6.45, 7) is 0. The maximum Gasteiger partial charge on any atom is 0.194 e. The number of benzene rings is 1. The summed E-state index contributed by atoms with van der Waals surface area (Å²) >= 11 is 0. The van der Waals surface area contributed by atoms with E-state index in [1.807, 2.05) is 0 Å². The van der Waals surface area contributed by atoms with Gasteiger partial charge >= 0.3 is 0 Å². The molecule has 1 aromatic carbocycles. The van der Waals surface area contributed by atoms with Gasteiger partial charge in [0.2, 0.25) is 0 Å². The minimum Gasteiger partial charge on any atom is -0.409 e. The molecule has 2 aromatic rings. The molecule has 2 rings (SSSR count). The normalized spacial score (nSPS) is 11.2. The van der Waals surface area contributed by atoms with Crippen LogP contribution in [0.15, 0.2) is 28.0 Å². The summed E-state index contributed by atoms with van der Waals surface area (Å²) in [6, 6.07) is 5.45. The highest BCUT2D eigenvalue weighted by atomic mass is 19.1. The van der Waals surface area contributed by atoms with Gasteiger partial charge in [-0.1, -0.05) is 5.16 Å². The first-order chi connectivity index (χ1) is 8.67. The SMILES string of the molecule is N#Cc1cc(-c2nonc2C(N)=NO)ccc1F. The van der Waals surface area contributed by atoms with Crippen LogP contribution in [-0.4, -0.2) is 21.4 Å². The Morgan fingerprint density at radius 3 is 2.94 bits per heavy atom. The molecule has 0 aliphatic carbocycles. The Hall–Kier alpha value is -2.95. The predicted molar refractivity (Wildman–Crippen MR) is 56.9 cm³/mol. The molecule has 0 aliphatic heterocycles. The first-order valence-electron chi connectivity index (χ1n) is 4.68. The van der Waals surface area contributed by atoms with Crippen LogP contribution >= 0.6 is 0 Å². The molecule has 90 valence electrons. The summed E-state index contributed by atoms with van der Waals surface area (Å²) in [6.07, 6.45) is 0. The lowest BCUT2D eigenvalue weighted by Crippen LogP contribution is -2.14. The van der Waals surface area contributed by atoms with Crippen molar-refractivity contribution in [3.63, 3.8) is 0 Å². The Labute approximate surface area is 99.9 Å². The highest BCUT2D eigenvalue weighted by Crippen LogP contribution is 2.22. The molecular formula is C10H6FN5O2. The maximum absolute atomic E-state index is 13.2. The molecule has 1 heterocycles. The molecule has 3 N–H and O–H groups in total. The van der Waals surface area contributed by atoms with E-state index in [1.54, 1.807) is 6.07 Å². The second-order valence-electron chi connectivity index (χ2n) is 3.25. The summed E-state index contributed by atoms with van der Waals surface area (Å²) in [5, 5.41) is 27.1. The Balaban J connectivity index is 2.57. The van der Waals surface area contributed by atoms with E-state index in [0.717, 1.165) is 6.07 Å². The fourth-order valence-corrected chi connectivity index (χ4v) is 1.35. The quantitative estimate of drug-likeness (QED) is 0.351. The van der Waals surface area contributed by atoms with E-state index >= 15 is 0 Å². The lowest BCUT2D eigenvalue weighted by atomic mass is 10.1. The average Bonchev–Trinajstić information content (AvgIpc) is 2.87. The van der Waals surface area contributed by atoms with Crippen molar-refractivity contribution >= 4 is 5.84 Å². The van der Waals surface area contributed by atoms with E-state index in [1.165, 1.54) is 12.1 Å². The minimum atomic E-state index is -0.650. The van der Waals surface area contributed by atoms with Gasteiger partial charge in [-0.3, -0.25) is 0 Å². The van der Waals surface area contributed by atoms with Crippen LogP contribution in [0.2, 0.25) is 0 Å². The lowest BCUT2D eigenvalue weighted by molar-refractivity contribution is 0.304. The van der Waals surface area contributed by atoms with Crippen LogP contribution in [0.4, 0.5) is 4.39 Å². The molecule has 0 aliphatic rings. The third kappa shape index (κ3) is 1.84. The van der Waals surface area contributed by atoms with Crippen molar-refractivity contribution in [1.29, 1.82) is 5.26 Å². The topological polar surface area (TPSA) is 121 Å². The van der Waals surface area contributed by atoms with Crippen molar-refractivity contribution in [3.8, 4) is 17.3 Å². The maximum atomic E-state index is 13.2. The number of amidine groups is 1. The number of halogens is 1. The summed E-state index contributed by atoms with van der Waals surface area (Å²) < 4.78 is 17.6. The van der Waals surface area contributed by atoms with Crippen molar-refractivity contribution in [2.45, 2.75) is 0 Å². The van der Waals surface area contributed by atoms with Gasteiger partial charge in [0.25, 0.3) is 0 Å². The highest BCUT2D eigenvalue weighted by molar-refractivity contribution is 6.00. The fraction of sp³-hybridized carbons (Fsp3) is 0. The lowest BCUT2D eigenvalue weighted by Gasteiger charge is -1.99. The summed E-state index contributed by atoms with van der Waals surface area (Å²) in [4.78, 5) is 0. The van der Waals surface area contributed by atoms with Gasteiger partial charge in [0.1, 0.15) is 17.6 Å². The van der Waals surface area contributed by atoms with Gasteiger partial charge in [-0.05, 0) is 28.5 Å². The van der Waals surface area contributed by atoms with E-state index in [2.05, 4.69) is 20.1 Å². The molecule has 0 amide bonds. The number of aromatic nitrogens is 2. The zero-order valence-electron chi connectivity index (χ0n) is 8.83. The van der Waals surface area contributed by atoms with Crippen LogP contribution in [0.5, 0.6) is 0 Å². The average molecular weight is 247 g/mol. The van der Waals surface area contributed by atoms with E-state index in [9.17, 15) is 4.39 Å². The third-order valence-electron chi connectivity index (χ3n) is 2.20. The second kappa shape index (κ2) is 4.50. The van der Waals surface area contributed by atoms with Crippen molar-refractivity contribution in [1.82, 2.24) is 10.3 Å². The number of rotatable bonds is 2. The number of nitrogens with two attached hydrogens (primary N) is 1. The Kier molecular flexibility index (Phi) is 2.89. The molecule has 7 nitrogen and oxygen atoms in total. The first kappa shape index (κ1) is 11.5. The molecular weight excluding hydrogens is 241 g/mol. The van der Waals surface area contributed by atoms with Crippen LogP contribution in [0.3, 0.4) is 0 Å². The van der Waals surface area contributed by atoms with Gasteiger partial charge < -0.3 is 10.9 Å². The molecule has 0 saturated heterocycles. The Morgan fingerprint density at radius 1 is 1.50 bits per heavy atom. The smallest absolute Gasteiger partial charge is 0.194 e. The van der Waals surface area contributed by atoms with E-state index in [-0.39, 0.29) is 22.8 Å². The Morgan fingerprint density at radius 2 is 2.28 bits per heavy atom. The molecule has 8 heteroatoms. The van der Waals surface area contributed by atoms with E-state index in [0.29, 0.717) is 5.56 Å². The van der Waals surface area contributed by atoms with Crippen molar-refractivity contribution in [2.24, 2.45) is 10.9 Å². The van der Waals surface area contributed by atoms with Crippen LogP contribution in [-0.2, 0) is 0 Å². The van der Waals surface area contributed by atoms with Gasteiger partial charge in [0.05, 0.1) is 5.56 Å². The molecule has 0 unspecified atom stereocenters. The fourth-order valence-electron chi connectivity index (χ4n) is 1.35. The number of oxime groups is 1. The molecule has 0 atom stereocenters. The molecule has 0 bridgehead atoms. The van der Waals surface area contributed by atoms with Gasteiger partial charge in [0, 0.05) is 5.56 Å². The van der Waals surface area contributed by atoms with Crippen LogP contribution in [0.1, 0.15) is 11.3 Å². The number of nitriles is 1. The van der Waals surface area contributed by atoms with Crippen LogP contribution in [0.25, 0.3) is 11.3 Å². The van der Waals surface area contributed by atoms with Crippen LogP contribution in [0, 0.1) is 17.1 Å². The first-order valence-corrected chi connectivity index (χ1v) is 4.68. The van der Waals surface area contributed by atoms with Gasteiger partial charge in [-0.2, -0.15) is 5.26 Å². The van der Waals surface area contributed by atoms with Gasteiger partial charge in [-0.15, -0.1) is 0 Å². The zero-order chi connectivity index (χ0) is 13.1. The number of nitrogens with zero attached hydrogens (tertiary/aromatic N) is 4. The zero-order valence-corrected chi connectivity index (χ0v) is 8.83. The molecule has 1 aromatic heterocycles. The minimum absolute atomic E-state index is 0.00741. The van der Waals surface area contributed by atoms with Crippen molar-refractivity contribution in [2.75, 3.05) is 0 Å².